The summed E-state index contributed by atoms with van der Waals surface area (Å²) in [6.07, 6.45) is 4.73. The van der Waals surface area contributed by atoms with Gasteiger partial charge in [-0.15, -0.1) is 0 Å². The minimum absolute atomic E-state index is 0.278. The van der Waals surface area contributed by atoms with Gasteiger partial charge in [0.05, 0.1) is 6.04 Å². The van der Waals surface area contributed by atoms with E-state index in [-0.39, 0.29) is 11.8 Å². The first-order chi connectivity index (χ1) is 15.6. The molecule has 3 amide bonds. The van der Waals surface area contributed by atoms with Crippen LogP contribution >= 0.6 is 0 Å². The largest absolute Gasteiger partial charge is 0.480 e. The zero-order valence-corrected chi connectivity index (χ0v) is 19.9. The molecule has 33 heavy (non-hydrogen) atoms. The lowest BCUT2D eigenvalue weighted by Crippen LogP contribution is -2.57. The summed E-state index contributed by atoms with van der Waals surface area (Å²) in [7, 11) is 0. The van der Waals surface area contributed by atoms with Crippen LogP contribution in [0.1, 0.15) is 65.2 Å². The number of nitrogens with two attached hydrogens (primary N) is 3. The molecule has 0 aromatic rings. The number of hydrogen-bond acceptors (Lipinski definition) is 7. The first kappa shape index (κ1) is 28.8. The summed E-state index contributed by atoms with van der Waals surface area (Å²) in [6.45, 7) is 4.79. The van der Waals surface area contributed by atoms with E-state index in [1.54, 1.807) is 13.8 Å². The van der Waals surface area contributed by atoms with E-state index in [0.29, 0.717) is 58.2 Å². The maximum absolute atomic E-state index is 13.1. The third kappa shape index (κ3) is 9.26. The number of aliphatic carboxylic acids is 1. The Morgan fingerprint density at radius 1 is 1.00 bits per heavy atom. The molecule has 1 aliphatic rings. The molecule has 0 aromatic heterocycles. The number of hydrogen-bond donors (Lipinski definition) is 6. The topological polar surface area (TPSA) is 194 Å². The molecule has 9 N–H and O–H groups in total. The smallest absolute Gasteiger partial charge is 0.326 e. The average molecular weight is 471 g/mol. The van der Waals surface area contributed by atoms with Crippen LogP contribution in [0.15, 0.2) is 0 Å². The fourth-order valence-electron chi connectivity index (χ4n) is 3.95. The number of rotatable bonds is 15. The highest BCUT2D eigenvalue weighted by Crippen LogP contribution is 2.20. The zero-order valence-electron chi connectivity index (χ0n) is 19.9. The molecule has 0 aliphatic carbocycles. The van der Waals surface area contributed by atoms with Crippen LogP contribution in [0.4, 0.5) is 0 Å². The van der Waals surface area contributed by atoms with Crippen LogP contribution in [-0.4, -0.2) is 77.5 Å². The Bertz CT molecular complexity index is 659. The predicted molar refractivity (Wildman–Crippen MR) is 125 cm³/mol. The minimum Gasteiger partial charge on any atom is -0.480 e. The first-order valence-corrected chi connectivity index (χ1v) is 11.9. The summed E-state index contributed by atoms with van der Waals surface area (Å²) >= 11 is 0. The van der Waals surface area contributed by atoms with E-state index >= 15 is 0 Å². The molecule has 1 heterocycles. The van der Waals surface area contributed by atoms with Gasteiger partial charge in [0.25, 0.3) is 0 Å². The van der Waals surface area contributed by atoms with Gasteiger partial charge >= 0.3 is 5.97 Å². The lowest BCUT2D eigenvalue weighted by atomic mass is 10.0. The van der Waals surface area contributed by atoms with E-state index in [0.717, 1.165) is 12.8 Å². The number of nitrogens with zero attached hydrogens (tertiary/aromatic N) is 1. The van der Waals surface area contributed by atoms with Gasteiger partial charge in [0.1, 0.15) is 18.1 Å². The molecule has 0 spiro atoms. The number of carbonyl (C=O) groups is 4. The van der Waals surface area contributed by atoms with Crippen LogP contribution in [0.5, 0.6) is 0 Å². The highest BCUT2D eigenvalue weighted by atomic mass is 16.4. The van der Waals surface area contributed by atoms with Crippen LogP contribution < -0.4 is 27.8 Å². The Morgan fingerprint density at radius 3 is 2.15 bits per heavy atom. The SMILES string of the molecule is CC(C)[C@H](NC(=O)[C@H](CCCCN)NC(=O)[C@@H]1CCCN1C(=O)[C@@H](N)CCCCN)C(=O)O. The number of likely N-dealkylation sites (tertiary alicyclic amines) is 1. The molecule has 190 valence electrons. The lowest BCUT2D eigenvalue weighted by Gasteiger charge is -2.29. The maximum atomic E-state index is 13.1. The maximum Gasteiger partial charge on any atom is 0.326 e. The Morgan fingerprint density at radius 2 is 1.61 bits per heavy atom. The molecule has 0 radical (unpaired) electrons. The molecule has 0 aromatic carbocycles. The third-order valence-electron chi connectivity index (χ3n) is 5.94. The summed E-state index contributed by atoms with van der Waals surface area (Å²) < 4.78 is 0. The van der Waals surface area contributed by atoms with E-state index in [9.17, 15) is 24.3 Å². The molecular weight excluding hydrogens is 428 g/mol. The van der Waals surface area contributed by atoms with Gasteiger partial charge in [-0.3, -0.25) is 14.4 Å². The van der Waals surface area contributed by atoms with Crippen molar-refractivity contribution >= 4 is 23.7 Å². The summed E-state index contributed by atoms with van der Waals surface area (Å²) in [5.74, 6) is -2.73. The van der Waals surface area contributed by atoms with Crippen LogP contribution in [0.25, 0.3) is 0 Å². The van der Waals surface area contributed by atoms with Crippen molar-refractivity contribution in [3.63, 3.8) is 0 Å². The highest BCUT2D eigenvalue weighted by Gasteiger charge is 2.37. The number of carboxylic acid groups (broad SMARTS) is 1. The van der Waals surface area contributed by atoms with Gasteiger partial charge < -0.3 is 37.8 Å². The minimum atomic E-state index is -1.14. The van der Waals surface area contributed by atoms with E-state index < -0.39 is 42.0 Å². The van der Waals surface area contributed by atoms with Gasteiger partial charge in [-0.25, -0.2) is 4.79 Å². The number of nitrogens with one attached hydrogen (secondary N) is 2. The number of carboxylic acids is 1. The summed E-state index contributed by atoms with van der Waals surface area (Å²) in [6, 6.07) is -3.39. The Hall–Kier alpha value is -2.24. The van der Waals surface area contributed by atoms with E-state index in [1.807, 2.05) is 0 Å². The molecule has 11 heteroatoms. The molecule has 0 bridgehead atoms. The van der Waals surface area contributed by atoms with E-state index in [4.69, 9.17) is 17.2 Å². The predicted octanol–water partition coefficient (Wildman–Crippen LogP) is -0.727. The van der Waals surface area contributed by atoms with Crippen LogP contribution in [0, 0.1) is 5.92 Å². The first-order valence-electron chi connectivity index (χ1n) is 11.9. The van der Waals surface area contributed by atoms with Gasteiger partial charge in [-0.05, 0) is 64.0 Å². The fraction of sp³-hybridized carbons (Fsp3) is 0.818. The van der Waals surface area contributed by atoms with Gasteiger partial charge in [0.15, 0.2) is 0 Å². The molecule has 1 rings (SSSR count). The molecule has 4 atom stereocenters. The summed E-state index contributed by atoms with van der Waals surface area (Å²) in [5, 5.41) is 14.7. The van der Waals surface area contributed by atoms with E-state index in [1.165, 1.54) is 4.90 Å². The van der Waals surface area contributed by atoms with Gasteiger partial charge in [0.2, 0.25) is 17.7 Å². The van der Waals surface area contributed by atoms with Gasteiger partial charge in [-0.2, -0.15) is 0 Å². The van der Waals surface area contributed by atoms with E-state index in [2.05, 4.69) is 10.6 Å². The standard InChI is InChI=1S/C22H42N6O5/c1-14(2)18(22(32)33)27-19(29)16(9-4-6-12-24)26-20(30)17-10-7-13-28(17)21(31)15(25)8-3-5-11-23/h14-18H,3-13,23-25H2,1-2H3,(H,26,30)(H,27,29)(H,32,33)/t15-,16-,17-,18-/m0/s1. The highest BCUT2D eigenvalue weighted by molar-refractivity contribution is 5.94. The normalized spacial score (nSPS) is 18.6. The zero-order chi connectivity index (χ0) is 25.0. The molecule has 0 unspecified atom stereocenters. The fourth-order valence-corrected chi connectivity index (χ4v) is 3.95. The van der Waals surface area contributed by atoms with Crippen molar-refractivity contribution in [1.82, 2.24) is 15.5 Å². The van der Waals surface area contributed by atoms with Crippen molar-refractivity contribution in [2.24, 2.45) is 23.1 Å². The van der Waals surface area contributed by atoms with Crippen molar-refractivity contribution in [1.29, 1.82) is 0 Å². The second kappa shape index (κ2) is 14.8. The monoisotopic (exact) mass is 470 g/mol. The number of unbranched alkanes of at least 4 members (excludes halogenated alkanes) is 2. The van der Waals surface area contributed by atoms with Crippen LogP contribution in [0.2, 0.25) is 0 Å². The molecule has 11 nitrogen and oxygen atoms in total. The van der Waals surface area contributed by atoms with Gasteiger partial charge in [-0.1, -0.05) is 20.3 Å². The number of carbonyl (C=O) groups excluding carboxylic acids is 3. The summed E-state index contributed by atoms with van der Waals surface area (Å²) in [5.41, 5.74) is 17.1. The van der Waals surface area contributed by atoms with Crippen molar-refractivity contribution in [3.05, 3.63) is 0 Å². The van der Waals surface area contributed by atoms with Crippen molar-refractivity contribution in [3.8, 4) is 0 Å². The Labute approximate surface area is 196 Å². The average Bonchev–Trinajstić information content (AvgIpc) is 3.25. The quantitative estimate of drug-likeness (QED) is 0.169. The molecule has 1 aliphatic heterocycles. The van der Waals surface area contributed by atoms with Crippen LogP contribution in [0.3, 0.4) is 0 Å². The third-order valence-corrected chi connectivity index (χ3v) is 5.94. The summed E-state index contributed by atoms with van der Waals surface area (Å²) in [4.78, 5) is 51.7. The molecule has 1 saturated heterocycles. The molecule has 0 saturated carbocycles. The Balaban J connectivity index is 2.86. The number of amides is 3. The second-order valence-electron chi connectivity index (χ2n) is 8.99. The Kier molecular flexibility index (Phi) is 12.9. The molecular formula is C22H42N6O5. The lowest BCUT2D eigenvalue weighted by molar-refractivity contribution is -0.144. The van der Waals surface area contributed by atoms with Crippen molar-refractivity contribution in [2.75, 3.05) is 19.6 Å². The van der Waals surface area contributed by atoms with Crippen molar-refractivity contribution < 1.29 is 24.3 Å². The molecule has 1 fully saturated rings. The second-order valence-corrected chi connectivity index (χ2v) is 8.99. The van der Waals surface area contributed by atoms with Crippen LogP contribution in [-0.2, 0) is 19.2 Å². The van der Waals surface area contributed by atoms with Crippen molar-refractivity contribution in [2.45, 2.75) is 89.4 Å². The van der Waals surface area contributed by atoms with Gasteiger partial charge in [0, 0.05) is 6.54 Å².